The van der Waals surface area contributed by atoms with Crippen LogP contribution < -0.4 is 4.57 Å². The molecule has 0 aliphatic heterocycles. The van der Waals surface area contributed by atoms with Crippen molar-refractivity contribution in [1.29, 1.82) is 0 Å². The first-order valence-electron chi connectivity index (χ1n) is 10.9. The molecule has 0 amide bonds. The van der Waals surface area contributed by atoms with Gasteiger partial charge in [-0.15, -0.1) is 0 Å². The molecule has 0 saturated heterocycles. The number of nitrogens with zero attached hydrogens (tertiary/aromatic N) is 1. The summed E-state index contributed by atoms with van der Waals surface area (Å²) in [7, 11) is 2.21. The Bertz CT molecular complexity index is 840. The van der Waals surface area contributed by atoms with Crippen LogP contribution in [0.5, 0.6) is 0 Å². The van der Waals surface area contributed by atoms with Gasteiger partial charge in [0.05, 0.1) is 0 Å². The van der Waals surface area contributed by atoms with E-state index >= 15 is 0 Å². The Morgan fingerprint density at radius 3 is 2.19 bits per heavy atom. The minimum Gasteiger partial charge on any atom is -0.201 e. The number of aryl methyl sites for hydroxylation is 2. The zero-order chi connectivity index (χ0) is 19.2. The normalized spacial score (nSPS) is 22.3. The average Bonchev–Trinajstić information content (AvgIpc) is 2.58. The van der Waals surface area contributed by atoms with Crippen molar-refractivity contribution < 1.29 is 4.57 Å². The first-order chi connectivity index (χ1) is 12.8. The van der Waals surface area contributed by atoms with Gasteiger partial charge in [-0.3, -0.25) is 0 Å². The monoisotopic (exact) mass is 362 g/mol. The number of rotatable bonds is 2. The summed E-state index contributed by atoms with van der Waals surface area (Å²) in [4.78, 5) is 0. The Labute approximate surface area is 165 Å². The van der Waals surface area contributed by atoms with Gasteiger partial charge in [0, 0.05) is 17.2 Å². The molecule has 2 aliphatic rings. The molecule has 1 saturated carbocycles. The number of hydrogen-bond donors (Lipinski definition) is 0. The highest BCUT2D eigenvalue weighted by Gasteiger charge is 2.31. The molecule has 2 aliphatic carbocycles. The predicted octanol–water partition coefficient (Wildman–Crippen LogP) is 5.98. The van der Waals surface area contributed by atoms with Crippen LogP contribution >= 0.6 is 0 Å². The number of benzene rings is 1. The van der Waals surface area contributed by atoms with Crippen molar-refractivity contribution in [2.45, 2.75) is 72.6 Å². The zero-order valence-electron chi connectivity index (χ0n) is 17.9. The van der Waals surface area contributed by atoms with Gasteiger partial charge >= 0.3 is 0 Å². The Morgan fingerprint density at radius 2 is 1.59 bits per heavy atom. The molecule has 27 heavy (non-hydrogen) atoms. The molecular weight excluding hydrogens is 326 g/mol. The highest BCUT2D eigenvalue weighted by Crippen LogP contribution is 2.41. The summed E-state index contributed by atoms with van der Waals surface area (Å²) >= 11 is 0. The molecule has 1 fully saturated rings. The highest BCUT2D eigenvalue weighted by molar-refractivity contribution is 5.63. The van der Waals surface area contributed by atoms with E-state index in [0.29, 0.717) is 5.41 Å². The SMILES string of the molecule is Cc1cc2c(cc1-c1ccc(CC(C)(C)C)c[n+]1C)CC1CCCCC1C2. The second kappa shape index (κ2) is 7.08. The minimum atomic E-state index is 0.326. The lowest BCUT2D eigenvalue weighted by Gasteiger charge is -2.37. The van der Waals surface area contributed by atoms with Crippen LogP contribution in [0, 0.1) is 24.2 Å². The second-order valence-electron chi connectivity index (χ2n) is 10.4. The van der Waals surface area contributed by atoms with Crippen LogP contribution in [0.25, 0.3) is 11.3 Å². The maximum Gasteiger partial charge on any atom is 0.212 e. The average molecular weight is 363 g/mol. The van der Waals surface area contributed by atoms with Crippen LogP contribution in [0.3, 0.4) is 0 Å². The van der Waals surface area contributed by atoms with E-state index in [1.807, 2.05) is 0 Å². The maximum atomic E-state index is 2.52. The van der Waals surface area contributed by atoms with Gasteiger partial charge in [-0.05, 0) is 85.1 Å². The van der Waals surface area contributed by atoms with Crippen molar-refractivity contribution in [1.82, 2.24) is 0 Å². The summed E-state index contributed by atoms with van der Waals surface area (Å²) in [6.07, 6.45) is 11.9. The van der Waals surface area contributed by atoms with Gasteiger partial charge in [-0.1, -0.05) is 39.7 Å². The van der Waals surface area contributed by atoms with Gasteiger partial charge < -0.3 is 0 Å². The van der Waals surface area contributed by atoms with E-state index in [-0.39, 0.29) is 0 Å². The Kier molecular flexibility index (Phi) is 4.91. The maximum absolute atomic E-state index is 2.52. The summed E-state index contributed by atoms with van der Waals surface area (Å²) in [5.74, 6) is 1.88. The van der Waals surface area contributed by atoms with Crippen LogP contribution in [-0.2, 0) is 26.3 Å². The van der Waals surface area contributed by atoms with Crippen molar-refractivity contribution in [2.24, 2.45) is 24.3 Å². The van der Waals surface area contributed by atoms with Crippen molar-refractivity contribution in [3.05, 3.63) is 52.7 Å². The molecule has 1 aromatic carbocycles. The summed E-state index contributed by atoms with van der Waals surface area (Å²) in [6.45, 7) is 9.23. The summed E-state index contributed by atoms with van der Waals surface area (Å²) in [5.41, 5.74) is 9.21. The third-order valence-electron chi connectivity index (χ3n) is 6.78. The standard InChI is InChI=1S/C26H36N/c1-18-12-22-13-20-8-6-7-9-21(20)14-23(22)15-24(18)25-11-10-19(17-27(25)5)16-26(2,3)4/h10-12,15,17,20-21H,6-9,13-14,16H2,1-5H3/q+1. The topological polar surface area (TPSA) is 3.88 Å². The Balaban J connectivity index is 1.67. The molecule has 2 atom stereocenters. The largest absolute Gasteiger partial charge is 0.212 e. The van der Waals surface area contributed by atoms with Crippen LogP contribution in [-0.4, -0.2) is 0 Å². The lowest BCUT2D eigenvalue weighted by Crippen LogP contribution is -2.32. The third-order valence-corrected chi connectivity index (χ3v) is 6.78. The molecule has 0 spiro atoms. The summed E-state index contributed by atoms with van der Waals surface area (Å²) in [5, 5.41) is 0. The van der Waals surface area contributed by atoms with E-state index in [1.165, 1.54) is 60.9 Å². The molecule has 0 bridgehead atoms. The van der Waals surface area contributed by atoms with Crippen LogP contribution in [0.2, 0.25) is 0 Å². The van der Waals surface area contributed by atoms with E-state index < -0.39 is 0 Å². The van der Waals surface area contributed by atoms with E-state index in [9.17, 15) is 0 Å². The predicted molar refractivity (Wildman–Crippen MR) is 114 cm³/mol. The van der Waals surface area contributed by atoms with E-state index in [1.54, 1.807) is 11.1 Å². The first kappa shape index (κ1) is 18.7. The Morgan fingerprint density at radius 1 is 0.963 bits per heavy atom. The minimum absolute atomic E-state index is 0.326. The van der Waals surface area contributed by atoms with Crippen molar-refractivity contribution in [3.63, 3.8) is 0 Å². The van der Waals surface area contributed by atoms with Gasteiger partial charge in [-0.25, -0.2) is 4.57 Å². The first-order valence-corrected chi connectivity index (χ1v) is 10.9. The number of aromatic nitrogens is 1. The molecule has 0 radical (unpaired) electrons. The van der Waals surface area contributed by atoms with E-state index in [2.05, 4.69) is 69.8 Å². The molecule has 2 aromatic rings. The highest BCUT2D eigenvalue weighted by atomic mass is 14.9. The fraction of sp³-hybridized carbons (Fsp3) is 0.577. The second-order valence-corrected chi connectivity index (χ2v) is 10.4. The van der Waals surface area contributed by atoms with E-state index in [4.69, 9.17) is 0 Å². The van der Waals surface area contributed by atoms with Crippen LogP contribution in [0.15, 0.2) is 30.5 Å². The molecule has 144 valence electrons. The van der Waals surface area contributed by atoms with Gasteiger partial charge in [0.2, 0.25) is 5.69 Å². The molecule has 2 unspecified atom stereocenters. The number of hydrogen-bond acceptors (Lipinski definition) is 0. The van der Waals surface area contributed by atoms with Gasteiger partial charge in [0.25, 0.3) is 0 Å². The zero-order valence-corrected chi connectivity index (χ0v) is 17.9. The smallest absolute Gasteiger partial charge is 0.201 e. The molecular formula is C26H36N+. The van der Waals surface area contributed by atoms with Gasteiger partial charge in [0.1, 0.15) is 7.05 Å². The van der Waals surface area contributed by atoms with Crippen LogP contribution in [0.1, 0.15) is 68.7 Å². The van der Waals surface area contributed by atoms with Crippen molar-refractivity contribution >= 4 is 0 Å². The summed E-state index contributed by atoms with van der Waals surface area (Å²) in [6, 6.07) is 9.69. The van der Waals surface area contributed by atoms with Crippen molar-refractivity contribution in [3.8, 4) is 11.3 Å². The van der Waals surface area contributed by atoms with Crippen LogP contribution in [0.4, 0.5) is 0 Å². The fourth-order valence-electron chi connectivity index (χ4n) is 5.52. The van der Waals surface area contributed by atoms with Crippen molar-refractivity contribution in [2.75, 3.05) is 0 Å². The molecule has 4 rings (SSSR count). The fourth-order valence-corrected chi connectivity index (χ4v) is 5.52. The molecule has 0 N–H and O–H groups in total. The number of pyridine rings is 1. The lowest BCUT2D eigenvalue weighted by atomic mass is 9.68. The molecule has 1 heterocycles. The summed E-state index contributed by atoms with van der Waals surface area (Å²) < 4.78 is 2.34. The third kappa shape index (κ3) is 3.98. The van der Waals surface area contributed by atoms with Gasteiger partial charge in [0.15, 0.2) is 6.20 Å². The number of fused-ring (bicyclic) bond motifs is 2. The lowest BCUT2D eigenvalue weighted by molar-refractivity contribution is -0.660. The molecule has 1 heteroatoms. The van der Waals surface area contributed by atoms with Gasteiger partial charge in [-0.2, -0.15) is 0 Å². The van der Waals surface area contributed by atoms with E-state index in [0.717, 1.165) is 18.3 Å². The quantitative estimate of drug-likeness (QED) is 0.579. The molecule has 1 nitrogen and oxygen atoms in total. The molecule has 1 aromatic heterocycles. The Hall–Kier alpha value is -1.63.